The van der Waals surface area contributed by atoms with Crippen LogP contribution in [0.25, 0.3) is 10.8 Å². The average molecular weight is 391 g/mol. The van der Waals surface area contributed by atoms with Gasteiger partial charge in [-0.25, -0.2) is 13.1 Å². The van der Waals surface area contributed by atoms with Crippen LogP contribution in [-0.4, -0.2) is 18.2 Å². The molecule has 4 rings (SSSR count). The Morgan fingerprint density at radius 2 is 1.68 bits per heavy atom. The van der Waals surface area contributed by atoms with E-state index in [1.165, 1.54) is 29.1 Å². The number of hydrogen-bond acceptors (Lipinski definition) is 5. The fourth-order valence-corrected chi connectivity index (χ4v) is 4.36. The molecular formula is C21H17N3O3S. The van der Waals surface area contributed by atoms with Gasteiger partial charge >= 0.3 is 0 Å². The summed E-state index contributed by atoms with van der Waals surface area (Å²) in [6.45, 7) is 0.282. The van der Waals surface area contributed by atoms with Crippen LogP contribution in [0.3, 0.4) is 0 Å². The van der Waals surface area contributed by atoms with Crippen LogP contribution in [0, 0.1) is 0 Å². The van der Waals surface area contributed by atoms with E-state index in [1.54, 1.807) is 42.5 Å². The van der Waals surface area contributed by atoms with Gasteiger partial charge in [0.15, 0.2) is 0 Å². The second kappa shape index (κ2) is 6.94. The molecular weight excluding hydrogens is 374 g/mol. The second-order valence-electron chi connectivity index (χ2n) is 6.42. The van der Waals surface area contributed by atoms with Crippen molar-refractivity contribution in [3.63, 3.8) is 0 Å². The molecule has 28 heavy (non-hydrogen) atoms. The third kappa shape index (κ3) is 3.27. The highest BCUT2D eigenvalue weighted by atomic mass is 32.2. The van der Waals surface area contributed by atoms with Crippen LogP contribution < -0.4 is 11.3 Å². The molecule has 0 atom stereocenters. The van der Waals surface area contributed by atoms with Gasteiger partial charge in [-0.2, -0.15) is 5.10 Å². The molecule has 0 aliphatic rings. The molecule has 1 heterocycles. The Balaban J connectivity index is 1.75. The highest BCUT2D eigenvalue weighted by Gasteiger charge is 2.18. The van der Waals surface area contributed by atoms with E-state index >= 15 is 0 Å². The molecule has 0 aliphatic heterocycles. The van der Waals surface area contributed by atoms with Crippen LogP contribution in [0.1, 0.15) is 5.56 Å². The van der Waals surface area contributed by atoms with Crippen LogP contribution in [0.2, 0.25) is 0 Å². The molecule has 0 spiro atoms. The molecule has 140 valence electrons. The highest BCUT2D eigenvalue weighted by molar-refractivity contribution is 7.91. The van der Waals surface area contributed by atoms with Gasteiger partial charge in [-0.1, -0.05) is 30.3 Å². The number of nitrogens with zero attached hydrogens (tertiary/aromatic N) is 2. The number of sulfone groups is 1. The number of aromatic nitrogens is 2. The number of hydrogen-bond donors (Lipinski definition) is 1. The molecule has 0 aliphatic carbocycles. The Kier molecular flexibility index (Phi) is 4.44. The summed E-state index contributed by atoms with van der Waals surface area (Å²) in [5, 5.41) is 5.08. The summed E-state index contributed by atoms with van der Waals surface area (Å²) in [5.74, 6) is 0. The fourth-order valence-electron chi connectivity index (χ4n) is 3.05. The summed E-state index contributed by atoms with van der Waals surface area (Å²) in [6.07, 6.45) is 1.51. The Morgan fingerprint density at radius 3 is 2.43 bits per heavy atom. The van der Waals surface area contributed by atoms with Crippen molar-refractivity contribution < 1.29 is 8.42 Å². The molecule has 0 saturated carbocycles. The van der Waals surface area contributed by atoms with Gasteiger partial charge in [0.1, 0.15) is 0 Å². The maximum absolute atomic E-state index is 12.8. The van der Waals surface area contributed by atoms with Crippen molar-refractivity contribution in [2.24, 2.45) is 0 Å². The van der Waals surface area contributed by atoms with Crippen LogP contribution >= 0.6 is 0 Å². The summed E-state index contributed by atoms with van der Waals surface area (Å²) in [5.41, 5.74) is 6.96. The molecule has 2 N–H and O–H groups in total. The minimum Gasteiger partial charge on any atom is -0.399 e. The first-order valence-corrected chi connectivity index (χ1v) is 10.1. The van der Waals surface area contributed by atoms with Crippen LogP contribution in [0.4, 0.5) is 5.69 Å². The van der Waals surface area contributed by atoms with Crippen molar-refractivity contribution in [1.29, 1.82) is 0 Å². The van der Waals surface area contributed by atoms with Crippen molar-refractivity contribution >= 4 is 26.3 Å². The lowest BCUT2D eigenvalue weighted by molar-refractivity contribution is 0.596. The first-order valence-electron chi connectivity index (χ1n) is 8.59. The molecule has 0 unspecified atom stereocenters. The van der Waals surface area contributed by atoms with Crippen LogP contribution in [0.5, 0.6) is 0 Å². The topological polar surface area (TPSA) is 95.1 Å². The number of nitrogens with two attached hydrogens (primary N) is 1. The second-order valence-corrected chi connectivity index (χ2v) is 8.37. The minimum absolute atomic E-state index is 0.126. The number of nitrogen functional groups attached to an aromatic ring is 1. The summed E-state index contributed by atoms with van der Waals surface area (Å²) < 4.78 is 26.9. The summed E-state index contributed by atoms with van der Waals surface area (Å²) >= 11 is 0. The van der Waals surface area contributed by atoms with Crippen molar-refractivity contribution in [3.8, 4) is 0 Å². The molecule has 3 aromatic carbocycles. The zero-order valence-electron chi connectivity index (χ0n) is 14.8. The molecule has 6 nitrogen and oxygen atoms in total. The van der Waals surface area contributed by atoms with E-state index in [2.05, 4.69) is 5.10 Å². The van der Waals surface area contributed by atoms with Crippen molar-refractivity contribution in [2.75, 3.05) is 5.73 Å². The predicted molar refractivity (Wildman–Crippen MR) is 108 cm³/mol. The normalized spacial score (nSPS) is 11.6. The number of anilines is 1. The molecule has 0 amide bonds. The van der Waals surface area contributed by atoms with E-state index in [4.69, 9.17) is 5.73 Å². The lowest BCUT2D eigenvalue weighted by Gasteiger charge is -2.09. The smallest absolute Gasteiger partial charge is 0.274 e. The van der Waals surface area contributed by atoms with E-state index in [0.717, 1.165) is 5.56 Å². The molecule has 4 aromatic rings. The van der Waals surface area contributed by atoms with Gasteiger partial charge in [-0.05, 0) is 48.0 Å². The van der Waals surface area contributed by atoms with Gasteiger partial charge in [0.2, 0.25) is 9.84 Å². The Labute approximate surface area is 161 Å². The zero-order valence-corrected chi connectivity index (χ0v) is 15.6. The van der Waals surface area contributed by atoms with Gasteiger partial charge in [0.05, 0.1) is 27.9 Å². The molecule has 0 bridgehead atoms. The standard InChI is InChI=1S/C21H17N3O3S/c22-17-6-4-5-15(11-17)14-24-21(25)20-10-9-19(12-16(20)13-23-24)28(26,27)18-7-2-1-3-8-18/h1-13H,14,22H2. The van der Waals surface area contributed by atoms with E-state index < -0.39 is 9.84 Å². The Bertz CT molecular complexity index is 1330. The lowest BCUT2D eigenvalue weighted by atomic mass is 10.2. The molecule has 0 radical (unpaired) electrons. The number of benzene rings is 3. The Morgan fingerprint density at radius 1 is 0.893 bits per heavy atom. The summed E-state index contributed by atoms with van der Waals surface area (Å²) in [7, 11) is -3.66. The Hall–Kier alpha value is -3.45. The highest BCUT2D eigenvalue weighted by Crippen LogP contribution is 2.23. The van der Waals surface area contributed by atoms with Crippen LogP contribution in [0.15, 0.2) is 93.6 Å². The average Bonchev–Trinajstić information content (AvgIpc) is 2.70. The van der Waals surface area contributed by atoms with Crippen molar-refractivity contribution in [1.82, 2.24) is 9.78 Å². The van der Waals surface area contributed by atoms with Gasteiger partial charge in [-0.15, -0.1) is 0 Å². The number of fused-ring (bicyclic) bond motifs is 1. The van der Waals surface area contributed by atoms with Gasteiger partial charge in [0, 0.05) is 11.1 Å². The fraction of sp³-hybridized carbons (Fsp3) is 0.0476. The number of rotatable bonds is 4. The van der Waals surface area contributed by atoms with Crippen LogP contribution in [-0.2, 0) is 16.4 Å². The van der Waals surface area contributed by atoms with Crippen molar-refractivity contribution in [3.05, 3.63) is 94.9 Å². The predicted octanol–water partition coefficient (Wildman–Crippen LogP) is 2.86. The SMILES string of the molecule is Nc1cccc(Cn2ncc3cc(S(=O)(=O)c4ccccc4)ccc3c2=O)c1. The molecule has 1 aromatic heterocycles. The van der Waals surface area contributed by atoms with Gasteiger partial charge in [0.25, 0.3) is 5.56 Å². The third-order valence-corrected chi connectivity index (χ3v) is 6.24. The van der Waals surface area contributed by atoms with E-state index in [-0.39, 0.29) is 21.9 Å². The maximum atomic E-state index is 12.8. The minimum atomic E-state index is -3.66. The third-order valence-electron chi connectivity index (χ3n) is 4.47. The first-order chi connectivity index (χ1) is 13.4. The monoisotopic (exact) mass is 391 g/mol. The molecule has 7 heteroatoms. The van der Waals surface area contributed by atoms with E-state index in [9.17, 15) is 13.2 Å². The molecule has 0 saturated heterocycles. The zero-order chi connectivity index (χ0) is 19.7. The van der Waals surface area contributed by atoms with E-state index in [1.807, 2.05) is 12.1 Å². The quantitative estimate of drug-likeness (QED) is 0.540. The lowest BCUT2D eigenvalue weighted by Crippen LogP contribution is -2.23. The largest absolute Gasteiger partial charge is 0.399 e. The molecule has 0 fully saturated rings. The summed E-state index contributed by atoms with van der Waals surface area (Å²) in [6, 6.07) is 19.9. The summed E-state index contributed by atoms with van der Waals surface area (Å²) in [4.78, 5) is 13.1. The van der Waals surface area contributed by atoms with Gasteiger partial charge in [-0.3, -0.25) is 4.79 Å². The van der Waals surface area contributed by atoms with Gasteiger partial charge < -0.3 is 5.73 Å². The maximum Gasteiger partial charge on any atom is 0.274 e. The van der Waals surface area contributed by atoms with E-state index in [0.29, 0.717) is 16.5 Å². The van der Waals surface area contributed by atoms with Crippen molar-refractivity contribution in [2.45, 2.75) is 16.3 Å². The first kappa shape index (κ1) is 17.9.